The predicted octanol–water partition coefficient (Wildman–Crippen LogP) is 1.65. The molecule has 0 radical (unpaired) electrons. The first-order chi connectivity index (χ1) is 12.2. The molecule has 6 nitrogen and oxygen atoms in total. The van der Waals surface area contributed by atoms with Crippen LogP contribution in [0, 0.1) is 0 Å². The molecule has 1 unspecified atom stereocenters. The summed E-state index contributed by atoms with van der Waals surface area (Å²) in [5, 5.41) is 8.35. The van der Waals surface area contributed by atoms with Crippen LogP contribution in [0.3, 0.4) is 0 Å². The van der Waals surface area contributed by atoms with Gasteiger partial charge < -0.3 is 10.2 Å². The molecule has 0 bridgehead atoms. The zero-order valence-electron chi connectivity index (χ0n) is 14.1. The number of benzene rings is 1. The first-order valence-corrected chi connectivity index (χ1v) is 9.13. The number of hydrogen-bond acceptors (Lipinski definition) is 4. The fourth-order valence-corrected chi connectivity index (χ4v) is 3.83. The normalized spacial score (nSPS) is 21.6. The van der Waals surface area contributed by atoms with E-state index in [0.29, 0.717) is 16.6 Å². The van der Waals surface area contributed by atoms with Crippen LogP contribution in [0.2, 0.25) is 5.02 Å². The molecule has 2 aliphatic heterocycles. The van der Waals surface area contributed by atoms with E-state index in [1.54, 1.807) is 17.1 Å². The van der Waals surface area contributed by atoms with Crippen LogP contribution >= 0.6 is 11.6 Å². The van der Waals surface area contributed by atoms with Gasteiger partial charge in [-0.2, -0.15) is 5.10 Å². The zero-order valence-corrected chi connectivity index (χ0v) is 14.8. The molecule has 0 aliphatic carbocycles. The summed E-state index contributed by atoms with van der Waals surface area (Å²) >= 11 is 6.03. The van der Waals surface area contributed by atoms with Crippen molar-refractivity contribution in [1.29, 1.82) is 0 Å². The molecule has 1 atom stereocenters. The lowest BCUT2D eigenvalue weighted by Crippen LogP contribution is -2.49. The predicted molar refractivity (Wildman–Crippen MR) is 97.3 cm³/mol. The molecule has 0 saturated carbocycles. The summed E-state index contributed by atoms with van der Waals surface area (Å²) in [7, 11) is 0. The van der Waals surface area contributed by atoms with Gasteiger partial charge in [0.15, 0.2) is 0 Å². The summed E-state index contributed by atoms with van der Waals surface area (Å²) < 4.78 is 1.70. The molecule has 7 heteroatoms. The average molecular weight is 360 g/mol. The molecule has 25 heavy (non-hydrogen) atoms. The summed E-state index contributed by atoms with van der Waals surface area (Å²) in [6.07, 6.45) is 4.47. The van der Waals surface area contributed by atoms with Crippen molar-refractivity contribution in [2.24, 2.45) is 0 Å². The van der Waals surface area contributed by atoms with Crippen molar-refractivity contribution < 1.29 is 4.79 Å². The third kappa shape index (κ3) is 3.56. The van der Waals surface area contributed by atoms with Crippen LogP contribution in [0.4, 0.5) is 0 Å². The Kier molecular flexibility index (Phi) is 4.74. The fourth-order valence-electron chi connectivity index (χ4n) is 3.65. The Labute approximate surface area is 152 Å². The second kappa shape index (κ2) is 7.15. The van der Waals surface area contributed by atoms with Gasteiger partial charge in [-0.1, -0.05) is 17.7 Å². The Morgan fingerprint density at radius 3 is 2.88 bits per heavy atom. The van der Waals surface area contributed by atoms with Crippen LogP contribution in [0.15, 0.2) is 36.7 Å². The number of carbonyl (C=O) groups excluding carboxylic acids is 1. The average Bonchev–Trinajstić information content (AvgIpc) is 3.32. The number of hydrogen-bond donors (Lipinski definition) is 1. The summed E-state index contributed by atoms with van der Waals surface area (Å²) in [4.78, 5) is 17.3. The van der Waals surface area contributed by atoms with Crippen molar-refractivity contribution >= 4 is 17.5 Å². The van der Waals surface area contributed by atoms with E-state index in [4.69, 9.17) is 11.6 Å². The molecular formula is C18H22ClN5O. The van der Waals surface area contributed by atoms with Crippen LogP contribution < -0.4 is 5.32 Å². The lowest BCUT2D eigenvalue weighted by molar-refractivity contribution is 0.0773. The van der Waals surface area contributed by atoms with E-state index in [0.717, 1.165) is 51.4 Å². The third-order valence-corrected chi connectivity index (χ3v) is 5.26. The lowest BCUT2D eigenvalue weighted by atomic mass is 10.2. The van der Waals surface area contributed by atoms with E-state index in [-0.39, 0.29) is 5.91 Å². The van der Waals surface area contributed by atoms with Crippen molar-refractivity contribution in [2.45, 2.75) is 12.5 Å². The SMILES string of the molecule is O=C(c1cnn(-c2cccc(Cl)c2)c1)N1CCC(N2CCNCC2)C1. The van der Waals surface area contributed by atoms with Crippen LogP contribution in [0.5, 0.6) is 0 Å². The van der Waals surface area contributed by atoms with Gasteiger partial charge in [0.2, 0.25) is 0 Å². The van der Waals surface area contributed by atoms with Gasteiger partial charge in [0.25, 0.3) is 5.91 Å². The number of rotatable bonds is 3. The highest BCUT2D eigenvalue weighted by Crippen LogP contribution is 2.20. The maximum Gasteiger partial charge on any atom is 0.257 e. The van der Waals surface area contributed by atoms with Gasteiger partial charge in [0.1, 0.15) is 0 Å². The minimum atomic E-state index is 0.0610. The molecule has 3 heterocycles. The first-order valence-electron chi connectivity index (χ1n) is 8.75. The molecule has 1 amide bonds. The van der Waals surface area contributed by atoms with E-state index in [2.05, 4.69) is 15.3 Å². The van der Waals surface area contributed by atoms with E-state index in [1.807, 2.05) is 29.2 Å². The molecule has 2 fully saturated rings. The molecule has 4 rings (SSSR count). The third-order valence-electron chi connectivity index (χ3n) is 5.02. The van der Waals surface area contributed by atoms with Gasteiger partial charge in [-0.3, -0.25) is 9.69 Å². The van der Waals surface area contributed by atoms with Crippen LogP contribution in [0.1, 0.15) is 16.8 Å². The minimum absolute atomic E-state index is 0.0610. The Morgan fingerprint density at radius 2 is 2.08 bits per heavy atom. The van der Waals surface area contributed by atoms with Crippen molar-refractivity contribution in [1.82, 2.24) is 24.9 Å². The maximum atomic E-state index is 12.8. The maximum absolute atomic E-state index is 12.8. The van der Waals surface area contributed by atoms with Gasteiger partial charge >= 0.3 is 0 Å². The van der Waals surface area contributed by atoms with Crippen molar-refractivity contribution in [3.8, 4) is 5.69 Å². The van der Waals surface area contributed by atoms with Crippen molar-refractivity contribution in [3.05, 3.63) is 47.2 Å². The summed E-state index contributed by atoms with van der Waals surface area (Å²) in [6, 6.07) is 7.93. The van der Waals surface area contributed by atoms with Gasteiger partial charge in [-0.15, -0.1) is 0 Å². The van der Waals surface area contributed by atoms with E-state index >= 15 is 0 Å². The van der Waals surface area contributed by atoms with Crippen LogP contribution in [-0.2, 0) is 0 Å². The van der Waals surface area contributed by atoms with Crippen molar-refractivity contribution in [2.75, 3.05) is 39.3 Å². The highest BCUT2D eigenvalue weighted by Gasteiger charge is 2.31. The highest BCUT2D eigenvalue weighted by atomic mass is 35.5. The number of amides is 1. The molecule has 0 spiro atoms. The standard InChI is InChI=1S/C18H22ClN5O/c19-15-2-1-3-16(10-15)24-12-14(11-21-24)18(25)23-7-4-17(13-23)22-8-5-20-6-9-22/h1-3,10-12,17,20H,4-9,13H2. The Morgan fingerprint density at radius 1 is 1.24 bits per heavy atom. The molecule has 2 aliphatic rings. The summed E-state index contributed by atoms with van der Waals surface area (Å²) in [6.45, 7) is 5.84. The fraction of sp³-hybridized carbons (Fsp3) is 0.444. The molecule has 132 valence electrons. The molecule has 1 aromatic carbocycles. The van der Waals surface area contributed by atoms with Crippen molar-refractivity contribution in [3.63, 3.8) is 0 Å². The topological polar surface area (TPSA) is 53.4 Å². The Bertz CT molecular complexity index is 755. The molecule has 1 N–H and O–H groups in total. The first kappa shape index (κ1) is 16.6. The monoisotopic (exact) mass is 359 g/mol. The number of aromatic nitrogens is 2. The quantitative estimate of drug-likeness (QED) is 0.905. The Hall–Kier alpha value is -1.89. The van der Waals surface area contributed by atoms with Crippen LogP contribution in [0.25, 0.3) is 5.69 Å². The summed E-state index contributed by atoms with van der Waals surface area (Å²) in [5.41, 5.74) is 1.48. The van der Waals surface area contributed by atoms with Gasteiger partial charge in [-0.05, 0) is 24.6 Å². The number of piperazine rings is 1. The second-order valence-electron chi connectivity index (χ2n) is 6.63. The zero-order chi connectivity index (χ0) is 17.2. The molecule has 2 aromatic rings. The van der Waals surface area contributed by atoms with E-state index in [9.17, 15) is 4.79 Å². The molecular weight excluding hydrogens is 338 g/mol. The summed E-state index contributed by atoms with van der Waals surface area (Å²) in [5.74, 6) is 0.0610. The second-order valence-corrected chi connectivity index (χ2v) is 7.07. The number of nitrogens with one attached hydrogen (secondary N) is 1. The minimum Gasteiger partial charge on any atom is -0.337 e. The van der Waals surface area contributed by atoms with Gasteiger partial charge in [-0.25, -0.2) is 4.68 Å². The number of halogens is 1. The number of nitrogens with zero attached hydrogens (tertiary/aromatic N) is 4. The van der Waals surface area contributed by atoms with E-state index in [1.165, 1.54) is 0 Å². The molecule has 1 aromatic heterocycles. The van der Waals surface area contributed by atoms with Gasteiger partial charge in [0.05, 0.1) is 17.4 Å². The largest absolute Gasteiger partial charge is 0.337 e. The van der Waals surface area contributed by atoms with Crippen LogP contribution in [-0.4, -0.2) is 70.8 Å². The number of likely N-dealkylation sites (tertiary alicyclic amines) is 1. The lowest BCUT2D eigenvalue weighted by Gasteiger charge is -2.32. The number of carbonyl (C=O) groups is 1. The smallest absolute Gasteiger partial charge is 0.257 e. The molecule has 2 saturated heterocycles. The Balaban J connectivity index is 1.43. The highest BCUT2D eigenvalue weighted by molar-refractivity contribution is 6.30. The van der Waals surface area contributed by atoms with Gasteiger partial charge in [0, 0.05) is 56.5 Å². The van der Waals surface area contributed by atoms with E-state index < -0.39 is 0 Å².